The molecule has 1 aliphatic carbocycles. The fourth-order valence-electron chi connectivity index (χ4n) is 6.20. The van der Waals surface area contributed by atoms with E-state index in [0.29, 0.717) is 18.8 Å². The molecule has 0 bridgehead atoms. The summed E-state index contributed by atoms with van der Waals surface area (Å²) in [7, 11) is 1.71. The Hall–Kier alpha value is -2.24. The second kappa shape index (κ2) is 12.8. The topological polar surface area (TPSA) is 34.2 Å². The lowest BCUT2D eigenvalue weighted by Gasteiger charge is -2.41. The van der Waals surface area contributed by atoms with Crippen molar-refractivity contribution in [2.75, 3.05) is 46.4 Å². The molecule has 2 unspecified atom stereocenters. The molecule has 0 radical (unpaired) electrons. The van der Waals surface area contributed by atoms with Gasteiger partial charge in [0.15, 0.2) is 0 Å². The van der Waals surface area contributed by atoms with Gasteiger partial charge in [-0.3, -0.25) is 9.80 Å². The third-order valence-corrected chi connectivity index (χ3v) is 8.27. The van der Waals surface area contributed by atoms with Crippen LogP contribution >= 0.6 is 0 Å². The average Bonchev–Trinajstić information content (AvgIpc) is 3.45. The number of piperidine rings is 1. The maximum atomic E-state index is 6.59. The summed E-state index contributed by atoms with van der Waals surface area (Å²) in [5.41, 5.74) is 2.47. The van der Waals surface area contributed by atoms with Crippen LogP contribution in [0.2, 0.25) is 0 Å². The summed E-state index contributed by atoms with van der Waals surface area (Å²) in [5, 5.41) is 0. The highest BCUT2D eigenvalue weighted by Crippen LogP contribution is 2.31. The Morgan fingerprint density at radius 3 is 2.28 bits per heavy atom. The molecule has 5 rings (SSSR count). The SMILES string of the molecule is COc1ccc(Cc2ccc(OC3CCCCC3N3CCCCC3)cc2)c(OCCN2CCCC2)c1. The molecule has 0 aromatic heterocycles. The van der Waals surface area contributed by atoms with Crippen molar-refractivity contribution in [3.8, 4) is 17.2 Å². The Labute approximate surface area is 217 Å². The molecule has 3 fully saturated rings. The van der Waals surface area contributed by atoms with E-state index in [-0.39, 0.29) is 0 Å². The van der Waals surface area contributed by atoms with Crippen molar-refractivity contribution in [3.63, 3.8) is 0 Å². The Balaban J connectivity index is 1.20. The molecule has 3 aliphatic rings. The summed E-state index contributed by atoms with van der Waals surface area (Å²) in [6, 6.07) is 15.5. The summed E-state index contributed by atoms with van der Waals surface area (Å²) in [4.78, 5) is 5.19. The van der Waals surface area contributed by atoms with Crippen molar-refractivity contribution in [1.82, 2.24) is 9.80 Å². The van der Waals surface area contributed by atoms with Crippen molar-refractivity contribution < 1.29 is 14.2 Å². The first-order valence-electron chi connectivity index (χ1n) is 14.3. The largest absolute Gasteiger partial charge is 0.497 e. The van der Waals surface area contributed by atoms with Gasteiger partial charge in [-0.15, -0.1) is 0 Å². The molecule has 0 amide bonds. The van der Waals surface area contributed by atoms with E-state index in [4.69, 9.17) is 14.2 Å². The van der Waals surface area contributed by atoms with Crippen LogP contribution < -0.4 is 14.2 Å². The number of hydrogen-bond donors (Lipinski definition) is 0. The lowest BCUT2D eigenvalue weighted by molar-refractivity contribution is 0.0261. The van der Waals surface area contributed by atoms with Crippen LogP contribution in [0.3, 0.4) is 0 Å². The van der Waals surface area contributed by atoms with E-state index in [1.165, 1.54) is 95.1 Å². The molecule has 2 atom stereocenters. The fourth-order valence-corrected chi connectivity index (χ4v) is 6.20. The van der Waals surface area contributed by atoms with E-state index >= 15 is 0 Å². The zero-order valence-corrected chi connectivity index (χ0v) is 22.1. The predicted molar refractivity (Wildman–Crippen MR) is 146 cm³/mol. The van der Waals surface area contributed by atoms with Gasteiger partial charge in [0, 0.05) is 25.1 Å². The highest BCUT2D eigenvalue weighted by atomic mass is 16.5. The van der Waals surface area contributed by atoms with Crippen LogP contribution in [-0.4, -0.2) is 68.4 Å². The van der Waals surface area contributed by atoms with Crippen LogP contribution in [0.1, 0.15) is 68.9 Å². The number of ether oxygens (including phenoxy) is 3. The second-order valence-corrected chi connectivity index (χ2v) is 10.8. The van der Waals surface area contributed by atoms with Crippen molar-refractivity contribution in [1.29, 1.82) is 0 Å². The van der Waals surface area contributed by atoms with Crippen LogP contribution in [0, 0.1) is 0 Å². The molecule has 1 saturated carbocycles. The minimum absolute atomic E-state index is 0.319. The maximum Gasteiger partial charge on any atom is 0.126 e. The lowest BCUT2D eigenvalue weighted by Crippen LogP contribution is -2.49. The molecular formula is C31H44N2O3. The number of rotatable bonds is 10. The van der Waals surface area contributed by atoms with Crippen molar-refractivity contribution in [3.05, 3.63) is 53.6 Å². The summed E-state index contributed by atoms with van der Waals surface area (Å²) < 4.78 is 18.3. The van der Waals surface area contributed by atoms with Gasteiger partial charge < -0.3 is 14.2 Å². The van der Waals surface area contributed by atoms with E-state index in [1.54, 1.807) is 7.11 Å². The summed E-state index contributed by atoms with van der Waals surface area (Å²) in [5.74, 6) is 2.78. The van der Waals surface area contributed by atoms with Crippen LogP contribution in [0.4, 0.5) is 0 Å². The van der Waals surface area contributed by atoms with Gasteiger partial charge in [0.2, 0.25) is 0 Å². The van der Waals surface area contributed by atoms with Crippen LogP contribution in [0.25, 0.3) is 0 Å². The highest BCUT2D eigenvalue weighted by Gasteiger charge is 2.32. The zero-order valence-electron chi connectivity index (χ0n) is 22.1. The number of methoxy groups -OCH3 is 1. The lowest BCUT2D eigenvalue weighted by atomic mass is 9.90. The molecular weight excluding hydrogens is 448 g/mol. The smallest absolute Gasteiger partial charge is 0.126 e. The zero-order chi connectivity index (χ0) is 24.6. The molecule has 0 spiro atoms. The molecule has 36 heavy (non-hydrogen) atoms. The normalized spacial score (nSPS) is 23.5. The Morgan fingerprint density at radius 1 is 0.778 bits per heavy atom. The summed E-state index contributed by atoms with van der Waals surface area (Å²) in [6.07, 6.45) is 12.9. The van der Waals surface area contributed by atoms with E-state index < -0.39 is 0 Å². The molecule has 196 valence electrons. The number of likely N-dealkylation sites (tertiary alicyclic amines) is 2. The molecule has 5 heteroatoms. The van der Waals surface area contributed by atoms with Gasteiger partial charge in [0.25, 0.3) is 0 Å². The van der Waals surface area contributed by atoms with Gasteiger partial charge in [0.05, 0.1) is 7.11 Å². The highest BCUT2D eigenvalue weighted by molar-refractivity contribution is 5.44. The molecule has 2 heterocycles. The molecule has 2 aromatic carbocycles. The molecule has 0 N–H and O–H groups in total. The number of benzene rings is 2. The van der Waals surface area contributed by atoms with E-state index in [1.807, 2.05) is 12.1 Å². The van der Waals surface area contributed by atoms with Crippen LogP contribution in [-0.2, 0) is 6.42 Å². The van der Waals surface area contributed by atoms with Crippen LogP contribution in [0.5, 0.6) is 17.2 Å². The van der Waals surface area contributed by atoms with Crippen molar-refractivity contribution in [2.45, 2.75) is 76.4 Å². The van der Waals surface area contributed by atoms with Gasteiger partial charge in [-0.1, -0.05) is 31.0 Å². The fraction of sp³-hybridized carbons (Fsp3) is 0.613. The standard InChI is InChI=1S/C31H44N2O3/c1-34-28-16-13-26(31(24-28)35-22-21-32-17-7-8-18-32)23-25-11-14-27(15-12-25)36-30-10-4-3-9-29(30)33-19-5-2-6-20-33/h11-16,24,29-30H,2-10,17-23H2,1H3. The first-order chi connectivity index (χ1) is 17.8. The Morgan fingerprint density at radius 2 is 1.50 bits per heavy atom. The van der Waals surface area contributed by atoms with Crippen molar-refractivity contribution in [2.24, 2.45) is 0 Å². The maximum absolute atomic E-state index is 6.59. The minimum Gasteiger partial charge on any atom is -0.497 e. The van der Waals surface area contributed by atoms with Gasteiger partial charge >= 0.3 is 0 Å². The van der Waals surface area contributed by atoms with Crippen LogP contribution in [0.15, 0.2) is 42.5 Å². The van der Waals surface area contributed by atoms with Gasteiger partial charge in [-0.25, -0.2) is 0 Å². The summed E-state index contributed by atoms with van der Waals surface area (Å²) >= 11 is 0. The van der Waals surface area contributed by atoms with Gasteiger partial charge in [-0.2, -0.15) is 0 Å². The van der Waals surface area contributed by atoms with E-state index in [2.05, 4.69) is 40.1 Å². The monoisotopic (exact) mass is 492 g/mol. The van der Waals surface area contributed by atoms with E-state index in [0.717, 1.165) is 30.2 Å². The molecule has 2 saturated heterocycles. The molecule has 2 aliphatic heterocycles. The number of nitrogens with zero attached hydrogens (tertiary/aromatic N) is 2. The number of hydrogen-bond acceptors (Lipinski definition) is 5. The first kappa shape index (κ1) is 25.4. The molecule has 5 nitrogen and oxygen atoms in total. The third-order valence-electron chi connectivity index (χ3n) is 8.27. The molecule has 2 aromatic rings. The minimum atomic E-state index is 0.319. The average molecular weight is 493 g/mol. The first-order valence-corrected chi connectivity index (χ1v) is 14.3. The summed E-state index contributed by atoms with van der Waals surface area (Å²) in [6.45, 7) is 6.58. The Kier molecular flexibility index (Phi) is 9.05. The second-order valence-electron chi connectivity index (χ2n) is 10.8. The predicted octanol–water partition coefficient (Wildman–Crippen LogP) is 5.94. The Bertz CT molecular complexity index is 935. The van der Waals surface area contributed by atoms with Gasteiger partial charge in [0.1, 0.15) is 30.0 Å². The van der Waals surface area contributed by atoms with Crippen molar-refractivity contribution >= 4 is 0 Å². The van der Waals surface area contributed by atoms with E-state index in [9.17, 15) is 0 Å². The third kappa shape index (κ3) is 6.74. The quantitative estimate of drug-likeness (QED) is 0.410. The van der Waals surface area contributed by atoms with Gasteiger partial charge in [-0.05, 0) is 100 Å².